The number of rotatable bonds is 11. The molecule has 3 aromatic rings. The van der Waals surface area contributed by atoms with Crippen LogP contribution in [0.2, 0.25) is 0 Å². The van der Waals surface area contributed by atoms with Crippen LogP contribution in [0.4, 0.5) is 11.4 Å². The topological polar surface area (TPSA) is 132 Å². The van der Waals surface area contributed by atoms with E-state index in [9.17, 15) is 19.7 Å². The van der Waals surface area contributed by atoms with Crippen molar-refractivity contribution >= 4 is 45.3 Å². The second kappa shape index (κ2) is 13.2. The van der Waals surface area contributed by atoms with Crippen LogP contribution in [-0.2, 0) is 16.2 Å². The molecule has 0 saturated heterocycles. The summed E-state index contributed by atoms with van der Waals surface area (Å²) in [6, 6.07) is 18.3. The van der Waals surface area contributed by atoms with Crippen molar-refractivity contribution in [2.45, 2.75) is 20.5 Å². The first-order valence-corrected chi connectivity index (χ1v) is 12.1. The highest BCUT2D eigenvalue weighted by atomic mass is 79.9. The van der Waals surface area contributed by atoms with Gasteiger partial charge < -0.3 is 14.8 Å². The van der Waals surface area contributed by atoms with Crippen molar-refractivity contribution in [3.8, 4) is 11.5 Å². The Labute approximate surface area is 222 Å². The Bertz CT molecular complexity index is 1300. The van der Waals surface area contributed by atoms with Gasteiger partial charge in [0.25, 0.3) is 11.6 Å². The summed E-state index contributed by atoms with van der Waals surface area (Å²) in [6.07, 6.45) is 1.43. The third kappa shape index (κ3) is 7.87. The molecule has 0 aliphatic rings. The zero-order chi connectivity index (χ0) is 26.8. The Morgan fingerprint density at radius 3 is 2.46 bits per heavy atom. The monoisotopic (exact) mass is 568 g/mol. The molecule has 0 aliphatic heterocycles. The van der Waals surface area contributed by atoms with Gasteiger partial charge in [0.1, 0.15) is 12.5 Å². The number of halogens is 1. The van der Waals surface area contributed by atoms with Crippen LogP contribution in [0.5, 0.6) is 11.5 Å². The summed E-state index contributed by atoms with van der Waals surface area (Å²) in [6.45, 7) is 3.92. The van der Waals surface area contributed by atoms with E-state index in [0.29, 0.717) is 33.8 Å². The predicted molar refractivity (Wildman–Crippen MR) is 143 cm³/mol. The smallest absolute Gasteiger partial charge is 0.269 e. The third-order valence-corrected chi connectivity index (χ3v) is 5.81. The maximum Gasteiger partial charge on any atom is 0.269 e. The van der Waals surface area contributed by atoms with Gasteiger partial charge in [-0.2, -0.15) is 5.10 Å². The number of non-ortho nitro benzene ring substituents is 1. The van der Waals surface area contributed by atoms with Gasteiger partial charge in [-0.05, 0) is 83.4 Å². The van der Waals surface area contributed by atoms with Crippen molar-refractivity contribution in [3.05, 3.63) is 92.4 Å². The molecule has 3 aromatic carbocycles. The fraction of sp³-hybridized carbons (Fsp3) is 0.192. The van der Waals surface area contributed by atoms with E-state index in [4.69, 9.17) is 9.47 Å². The Kier molecular flexibility index (Phi) is 9.73. The van der Waals surface area contributed by atoms with E-state index in [1.807, 2.05) is 13.0 Å². The third-order valence-electron chi connectivity index (χ3n) is 5.12. The number of anilines is 1. The first-order chi connectivity index (χ1) is 17.8. The first kappa shape index (κ1) is 27.3. The maximum absolute atomic E-state index is 12.4. The van der Waals surface area contributed by atoms with Crippen molar-refractivity contribution < 1.29 is 24.0 Å². The lowest BCUT2D eigenvalue weighted by Gasteiger charge is -2.13. The number of amides is 2. The van der Waals surface area contributed by atoms with Crippen molar-refractivity contribution in [2.24, 2.45) is 11.0 Å². The van der Waals surface area contributed by atoms with E-state index in [-0.39, 0.29) is 12.3 Å². The molecule has 11 heteroatoms. The molecule has 0 radical (unpaired) electrons. The van der Waals surface area contributed by atoms with E-state index >= 15 is 0 Å². The Balaban J connectivity index is 1.58. The average Bonchev–Trinajstić information content (AvgIpc) is 2.89. The molecule has 2 amide bonds. The summed E-state index contributed by atoms with van der Waals surface area (Å²) < 4.78 is 12.2. The summed E-state index contributed by atoms with van der Waals surface area (Å²) >= 11 is 3.35. The number of nitro benzene ring substituents is 1. The van der Waals surface area contributed by atoms with Crippen LogP contribution in [0, 0.1) is 16.0 Å². The van der Waals surface area contributed by atoms with Gasteiger partial charge in [-0.15, -0.1) is 0 Å². The number of ether oxygens (including phenoxy) is 2. The molecule has 37 heavy (non-hydrogen) atoms. The highest BCUT2D eigenvalue weighted by Crippen LogP contribution is 2.29. The van der Waals surface area contributed by atoms with Gasteiger partial charge in [0.15, 0.2) is 11.5 Å². The summed E-state index contributed by atoms with van der Waals surface area (Å²) in [4.78, 5) is 35.1. The molecule has 1 atom stereocenters. The number of hydrazone groups is 1. The molecular formula is C26H25BrN4O6. The maximum atomic E-state index is 12.4. The van der Waals surface area contributed by atoms with Gasteiger partial charge in [-0.25, -0.2) is 5.43 Å². The summed E-state index contributed by atoms with van der Waals surface area (Å²) in [5.41, 5.74) is 4.35. The lowest BCUT2D eigenvalue weighted by atomic mass is 10.1. The first-order valence-electron chi connectivity index (χ1n) is 11.3. The van der Waals surface area contributed by atoms with Gasteiger partial charge in [0.2, 0.25) is 5.91 Å². The summed E-state index contributed by atoms with van der Waals surface area (Å²) in [7, 11) is 0. The fourth-order valence-corrected chi connectivity index (χ4v) is 3.44. The van der Waals surface area contributed by atoms with Crippen molar-refractivity contribution in [3.63, 3.8) is 0 Å². The molecule has 0 heterocycles. The normalized spacial score (nSPS) is 11.5. The molecule has 1 unspecified atom stereocenters. The molecule has 0 spiro atoms. The van der Waals surface area contributed by atoms with Crippen LogP contribution in [0.3, 0.4) is 0 Å². The number of nitro groups is 1. The van der Waals surface area contributed by atoms with Crippen LogP contribution in [-0.4, -0.2) is 29.6 Å². The van der Waals surface area contributed by atoms with E-state index in [1.165, 1.54) is 25.3 Å². The van der Waals surface area contributed by atoms with Crippen molar-refractivity contribution in [2.75, 3.05) is 11.9 Å². The Morgan fingerprint density at radius 1 is 1.05 bits per heavy atom. The van der Waals surface area contributed by atoms with Crippen molar-refractivity contribution in [1.29, 1.82) is 0 Å². The number of benzene rings is 3. The number of nitrogens with one attached hydrogen (secondary N) is 2. The quantitative estimate of drug-likeness (QED) is 0.144. The number of carbonyl (C=O) groups excluding carboxylic acids is 2. The molecule has 192 valence electrons. The second-order valence-electron chi connectivity index (χ2n) is 7.78. The Morgan fingerprint density at radius 2 is 1.78 bits per heavy atom. The van der Waals surface area contributed by atoms with Gasteiger partial charge in [-0.1, -0.05) is 12.1 Å². The number of hydrogen-bond donors (Lipinski definition) is 2. The number of hydrogen-bond acceptors (Lipinski definition) is 7. The van der Waals surface area contributed by atoms with Gasteiger partial charge >= 0.3 is 0 Å². The fourth-order valence-electron chi connectivity index (χ4n) is 3.06. The summed E-state index contributed by atoms with van der Waals surface area (Å²) in [5.74, 6) is -1.04. The number of carbonyl (C=O) groups is 2. The van der Waals surface area contributed by atoms with E-state index in [0.717, 1.165) is 5.56 Å². The predicted octanol–water partition coefficient (Wildman–Crippen LogP) is 5.06. The molecule has 3 rings (SSSR count). The van der Waals surface area contributed by atoms with Crippen molar-refractivity contribution in [1.82, 2.24) is 5.43 Å². The van der Waals surface area contributed by atoms with Gasteiger partial charge in [0, 0.05) is 16.6 Å². The molecule has 10 nitrogen and oxygen atoms in total. The lowest BCUT2D eigenvalue weighted by molar-refractivity contribution is -0.384. The van der Waals surface area contributed by atoms with Crippen LogP contribution >= 0.6 is 15.9 Å². The molecular weight excluding hydrogens is 544 g/mol. The molecule has 0 saturated carbocycles. The highest BCUT2D eigenvalue weighted by Gasteiger charge is 2.21. The van der Waals surface area contributed by atoms with Crippen LogP contribution < -0.4 is 20.2 Å². The molecule has 2 N–H and O–H groups in total. The van der Waals surface area contributed by atoms with Crippen LogP contribution in [0.15, 0.2) is 76.3 Å². The zero-order valence-corrected chi connectivity index (χ0v) is 21.7. The van der Waals surface area contributed by atoms with Gasteiger partial charge in [-0.3, -0.25) is 19.7 Å². The second-order valence-corrected chi connectivity index (χ2v) is 8.63. The number of nitrogens with zero attached hydrogens (tertiary/aromatic N) is 2. The lowest BCUT2D eigenvalue weighted by Crippen LogP contribution is -2.34. The average molecular weight is 569 g/mol. The Hall–Kier alpha value is -4.25. The molecule has 0 bridgehead atoms. The molecule has 0 aliphatic carbocycles. The SMILES string of the molecule is CCOc1cc(C=NNC(=O)C(C)C(=O)Nc2ccccc2Br)ccc1OCc1ccc([N+](=O)[O-])cc1. The molecule has 0 fully saturated rings. The van der Waals surface area contributed by atoms with E-state index in [1.54, 1.807) is 48.5 Å². The van der Waals surface area contributed by atoms with Gasteiger partial charge in [0.05, 0.1) is 23.4 Å². The largest absolute Gasteiger partial charge is 0.490 e. The minimum atomic E-state index is -0.974. The van der Waals surface area contributed by atoms with E-state index in [2.05, 4.69) is 31.8 Å². The standard InChI is InChI=1S/C26H25BrN4O6/c1-3-36-24-14-19(10-13-23(24)37-16-18-8-11-20(12-9-18)31(34)35)15-28-30-26(33)17(2)25(32)29-22-7-5-4-6-21(22)27/h4-15,17H,3,16H2,1-2H3,(H,29,32)(H,30,33). The molecule has 0 aromatic heterocycles. The van der Waals surface area contributed by atoms with Crippen LogP contribution in [0.1, 0.15) is 25.0 Å². The minimum absolute atomic E-state index is 0.00813. The minimum Gasteiger partial charge on any atom is -0.490 e. The number of para-hydroxylation sites is 1. The van der Waals surface area contributed by atoms with E-state index < -0.39 is 22.7 Å². The highest BCUT2D eigenvalue weighted by molar-refractivity contribution is 9.10. The van der Waals surface area contributed by atoms with Crippen LogP contribution in [0.25, 0.3) is 0 Å². The summed E-state index contributed by atoms with van der Waals surface area (Å²) in [5, 5.41) is 17.4. The zero-order valence-electron chi connectivity index (χ0n) is 20.1.